The van der Waals surface area contributed by atoms with Crippen LogP contribution in [0.4, 0.5) is 4.39 Å². The van der Waals surface area contributed by atoms with Crippen LogP contribution in [-0.4, -0.2) is 29.5 Å². The first kappa shape index (κ1) is 19.1. The van der Waals surface area contributed by atoms with Crippen LogP contribution in [0.3, 0.4) is 0 Å². The summed E-state index contributed by atoms with van der Waals surface area (Å²) < 4.78 is 25.3. The molecule has 0 N–H and O–H groups in total. The summed E-state index contributed by atoms with van der Waals surface area (Å²) in [7, 11) is 0. The van der Waals surface area contributed by atoms with Gasteiger partial charge in [0.15, 0.2) is 24.8 Å². The number of esters is 1. The van der Waals surface area contributed by atoms with Gasteiger partial charge in [0.05, 0.1) is 12.5 Å². The fourth-order valence-electron chi connectivity index (χ4n) is 2.79. The lowest BCUT2D eigenvalue weighted by molar-refractivity contribution is -0.144. The van der Waals surface area contributed by atoms with Crippen molar-refractivity contribution in [1.29, 1.82) is 5.26 Å². The number of ketones is 1. The number of carbonyl (C=O) groups excluding carboxylic acids is 2. The van der Waals surface area contributed by atoms with Crippen LogP contribution in [0, 0.1) is 17.1 Å². The Hall–Kier alpha value is -3.66. The summed E-state index contributed by atoms with van der Waals surface area (Å²) in [5.41, 5.74) is 1.24. The summed E-state index contributed by atoms with van der Waals surface area (Å²) in [4.78, 5) is 24.3. The first-order valence-corrected chi connectivity index (χ1v) is 8.61. The third-order valence-electron chi connectivity index (χ3n) is 4.10. The summed E-state index contributed by atoms with van der Waals surface area (Å²) in [6.45, 7) is -0.496. The van der Waals surface area contributed by atoms with E-state index >= 15 is 0 Å². The lowest BCUT2D eigenvalue weighted by atomic mass is 10.1. The molecule has 0 radical (unpaired) electrons. The van der Waals surface area contributed by atoms with Crippen molar-refractivity contribution in [3.8, 4) is 11.8 Å². The second kappa shape index (κ2) is 8.82. The molecule has 0 aliphatic carbocycles. The molecule has 6 nitrogen and oxygen atoms in total. The molecule has 0 unspecified atom stereocenters. The van der Waals surface area contributed by atoms with E-state index in [1.807, 2.05) is 22.8 Å². The number of aryl methyl sites for hydroxylation is 1. The van der Waals surface area contributed by atoms with Gasteiger partial charge in [0.1, 0.15) is 0 Å². The number of Topliss-reactive ketones (excluding diaryl/α,β-unsaturated/α-hetero) is 1. The van der Waals surface area contributed by atoms with Crippen LogP contribution in [0.1, 0.15) is 16.8 Å². The van der Waals surface area contributed by atoms with Gasteiger partial charge in [-0.05, 0) is 18.2 Å². The van der Waals surface area contributed by atoms with Crippen molar-refractivity contribution in [2.24, 2.45) is 0 Å². The molecular weight excluding hydrogens is 363 g/mol. The Morgan fingerprint density at radius 1 is 1.07 bits per heavy atom. The zero-order chi connectivity index (χ0) is 19.9. The number of hydrogen-bond donors (Lipinski definition) is 0. The standard InChI is InChI=1S/C21H17FN2O4/c22-17-7-2-4-9-20(17)27-14-21(26)28-13-19(25)16-12-24(11-5-10-23)18-8-3-1-6-15(16)18/h1-4,6-9,12H,5,11,13-14H2. The number of para-hydroxylation sites is 2. The SMILES string of the molecule is N#CCCn1cc(C(=O)COC(=O)COc2ccccc2F)c2ccccc21. The van der Waals surface area contributed by atoms with Crippen LogP contribution in [-0.2, 0) is 16.1 Å². The minimum atomic E-state index is -0.773. The molecular formula is C21H17FN2O4. The molecule has 7 heteroatoms. The summed E-state index contributed by atoms with van der Waals surface area (Å²) in [5, 5.41) is 9.51. The Bertz CT molecular complexity index is 1050. The van der Waals surface area contributed by atoms with Gasteiger partial charge in [-0.3, -0.25) is 4.79 Å². The Kier molecular flexibility index (Phi) is 6.02. The number of nitrogens with zero attached hydrogens (tertiary/aromatic N) is 2. The van der Waals surface area contributed by atoms with Gasteiger partial charge in [-0.25, -0.2) is 9.18 Å². The van der Waals surface area contributed by atoms with E-state index in [9.17, 15) is 14.0 Å². The van der Waals surface area contributed by atoms with Crippen LogP contribution in [0.5, 0.6) is 5.75 Å². The van der Waals surface area contributed by atoms with Gasteiger partial charge < -0.3 is 14.0 Å². The molecule has 3 aromatic rings. The number of fused-ring (bicyclic) bond motifs is 1. The monoisotopic (exact) mass is 380 g/mol. The fourth-order valence-corrected chi connectivity index (χ4v) is 2.79. The highest BCUT2D eigenvalue weighted by Gasteiger charge is 2.17. The molecule has 0 aliphatic heterocycles. The van der Waals surface area contributed by atoms with Crippen LogP contribution in [0.25, 0.3) is 10.9 Å². The quantitative estimate of drug-likeness (QED) is 0.441. The van der Waals surface area contributed by atoms with Gasteiger partial charge in [-0.2, -0.15) is 5.26 Å². The maximum Gasteiger partial charge on any atom is 0.344 e. The van der Waals surface area contributed by atoms with Crippen molar-refractivity contribution in [2.45, 2.75) is 13.0 Å². The molecule has 0 aliphatic rings. The molecule has 0 spiro atoms. The average Bonchev–Trinajstić information content (AvgIpc) is 3.08. The number of aromatic nitrogens is 1. The number of benzene rings is 2. The number of halogens is 1. The van der Waals surface area contributed by atoms with Crippen molar-refractivity contribution in [2.75, 3.05) is 13.2 Å². The van der Waals surface area contributed by atoms with Crippen molar-refractivity contribution < 1.29 is 23.5 Å². The van der Waals surface area contributed by atoms with Gasteiger partial charge in [0.25, 0.3) is 0 Å². The van der Waals surface area contributed by atoms with E-state index in [1.165, 1.54) is 18.2 Å². The molecule has 0 saturated carbocycles. The number of carbonyl (C=O) groups is 2. The summed E-state index contributed by atoms with van der Waals surface area (Å²) in [6.07, 6.45) is 1.97. The van der Waals surface area contributed by atoms with Crippen molar-refractivity contribution in [3.05, 3.63) is 66.1 Å². The molecule has 0 amide bonds. The van der Waals surface area contributed by atoms with E-state index in [-0.39, 0.29) is 11.5 Å². The zero-order valence-electron chi connectivity index (χ0n) is 14.9. The molecule has 142 valence electrons. The molecule has 0 bridgehead atoms. The van der Waals surface area contributed by atoms with Gasteiger partial charge in [0, 0.05) is 29.2 Å². The van der Waals surface area contributed by atoms with E-state index in [0.717, 1.165) is 10.9 Å². The van der Waals surface area contributed by atoms with Gasteiger partial charge in [-0.1, -0.05) is 30.3 Å². The summed E-state index contributed by atoms with van der Waals surface area (Å²) in [6, 6.07) is 15.1. The Morgan fingerprint density at radius 2 is 1.82 bits per heavy atom. The van der Waals surface area contributed by atoms with Crippen LogP contribution >= 0.6 is 0 Å². The van der Waals surface area contributed by atoms with Crippen molar-refractivity contribution in [1.82, 2.24) is 4.57 Å². The molecule has 1 aromatic heterocycles. The van der Waals surface area contributed by atoms with Crippen LogP contribution in [0.2, 0.25) is 0 Å². The molecule has 3 rings (SSSR count). The normalized spacial score (nSPS) is 10.4. The Balaban J connectivity index is 1.62. The van der Waals surface area contributed by atoms with Crippen molar-refractivity contribution in [3.63, 3.8) is 0 Å². The smallest absolute Gasteiger partial charge is 0.344 e. The lowest BCUT2D eigenvalue weighted by Crippen LogP contribution is -2.19. The van der Waals surface area contributed by atoms with Crippen LogP contribution in [0.15, 0.2) is 54.7 Å². The predicted octanol–water partition coefficient (Wildman–Crippen LogP) is 3.50. The topological polar surface area (TPSA) is 81.3 Å². The maximum absolute atomic E-state index is 13.5. The minimum absolute atomic E-state index is 0.0636. The highest BCUT2D eigenvalue weighted by atomic mass is 19.1. The minimum Gasteiger partial charge on any atom is -0.479 e. The molecule has 0 atom stereocenters. The highest BCUT2D eigenvalue weighted by molar-refractivity contribution is 6.09. The second-order valence-electron chi connectivity index (χ2n) is 5.96. The number of ether oxygens (including phenoxy) is 2. The van der Waals surface area contributed by atoms with E-state index in [4.69, 9.17) is 14.7 Å². The molecule has 2 aromatic carbocycles. The Morgan fingerprint density at radius 3 is 2.61 bits per heavy atom. The zero-order valence-corrected chi connectivity index (χ0v) is 14.9. The fraction of sp³-hybridized carbons (Fsp3) is 0.190. The lowest BCUT2D eigenvalue weighted by Gasteiger charge is -2.07. The van der Waals surface area contributed by atoms with E-state index in [0.29, 0.717) is 18.5 Å². The summed E-state index contributed by atoms with van der Waals surface area (Å²) >= 11 is 0. The molecule has 28 heavy (non-hydrogen) atoms. The third kappa shape index (κ3) is 4.35. The number of hydrogen-bond acceptors (Lipinski definition) is 5. The molecule has 1 heterocycles. The van der Waals surface area contributed by atoms with E-state index in [2.05, 4.69) is 6.07 Å². The predicted molar refractivity (Wildman–Crippen MR) is 99.4 cm³/mol. The summed E-state index contributed by atoms with van der Waals surface area (Å²) in [5.74, 6) is -1.79. The average molecular weight is 380 g/mol. The van der Waals surface area contributed by atoms with E-state index in [1.54, 1.807) is 18.3 Å². The van der Waals surface area contributed by atoms with E-state index < -0.39 is 25.0 Å². The Labute approximate surface area is 160 Å². The van der Waals surface area contributed by atoms with Gasteiger partial charge in [0.2, 0.25) is 5.78 Å². The molecule has 0 fully saturated rings. The first-order valence-electron chi connectivity index (χ1n) is 8.61. The second-order valence-corrected chi connectivity index (χ2v) is 5.96. The first-order chi connectivity index (χ1) is 13.6. The number of rotatable bonds is 8. The largest absolute Gasteiger partial charge is 0.479 e. The van der Waals surface area contributed by atoms with Gasteiger partial charge >= 0.3 is 5.97 Å². The maximum atomic E-state index is 13.5. The number of nitriles is 1. The third-order valence-corrected chi connectivity index (χ3v) is 4.10. The van der Waals surface area contributed by atoms with Gasteiger partial charge in [-0.15, -0.1) is 0 Å². The van der Waals surface area contributed by atoms with Crippen LogP contribution < -0.4 is 4.74 Å². The van der Waals surface area contributed by atoms with Crippen molar-refractivity contribution >= 4 is 22.7 Å². The molecule has 0 saturated heterocycles. The highest BCUT2D eigenvalue weighted by Crippen LogP contribution is 2.22.